The van der Waals surface area contributed by atoms with Crippen LogP contribution in [0.2, 0.25) is 0 Å². The number of aromatic nitrogens is 2. The predicted molar refractivity (Wildman–Crippen MR) is 244 cm³/mol. The molecule has 0 bridgehead atoms. The molecule has 0 atom stereocenters. The fourth-order valence-electron chi connectivity index (χ4n) is 9.29. The summed E-state index contributed by atoms with van der Waals surface area (Å²) in [6.07, 6.45) is 0. The van der Waals surface area contributed by atoms with Crippen molar-refractivity contribution in [2.24, 2.45) is 0 Å². The van der Waals surface area contributed by atoms with Gasteiger partial charge in [-0.15, -0.1) is 0 Å². The number of hydrogen-bond acceptors (Lipinski definition) is 2. The van der Waals surface area contributed by atoms with Crippen LogP contribution in [-0.4, -0.2) is 9.97 Å². The molecule has 0 spiro atoms. The first-order valence-electron chi connectivity index (χ1n) is 20.2. The summed E-state index contributed by atoms with van der Waals surface area (Å²) in [6, 6.07) is 83.0. The highest BCUT2D eigenvalue weighted by molar-refractivity contribution is 6.06. The SMILES string of the molecule is c1ccc(-c2ccc(-c3cc(-c4ccc(-c5cc6ccccc6c6c5-c5ccccc5C6(c5ccccc5)c5ccccc5)cc4)nc(-c4ccccc4)n3)cc2)cc1. The Kier molecular flexibility index (Phi) is 8.41. The van der Waals surface area contributed by atoms with E-state index in [1.54, 1.807) is 0 Å². The lowest BCUT2D eigenvalue weighted by atomic mass is 9.66. The second kappa shape index (κ2) is 14.4. The third-order valence-electron chi connectivity index (χ3n) is 12.0. The van der Waals surface area contributed by atoms with Crippen LogP contribution in [0.5, 0.6) is 0 Å². The highest BCUT2D eigenvalue weighted by Crippen LogP contribution is 2.60. The standard InChI is InChI=1S/C57H38N2/c1-5-17-39(18-6-1)40-29-33-42(34-30-40)52-38-53(59-56(58-52)44-19-7-2-8-20-44)43-35-31-41(32-36-43)50-37-45-21-13-14-26-48(45)55-54(50)49-27-15-16-28-51(49)57(55,46-22-9-3-10-23-46)47-24-11-4-12-25-47/h1-38H. The van der Waals surface area contributed by atoms with Crippen LogP contribution in [0.3, 0.4) is 0 Å². The quantitative estimate of drug-likeness (QED) is 0.162. The van der Waals surface area contributed by atoms with Crippen LogP contribution in [0, 0.1) is 0 Å². The molecule has 11 rings (SSSR count). The number of nitrogens with zero attached hydrogens (tertiary/aromatic N) is 2. The molecule has 1 aliphatic carbocycles. The zero-order valence-electron chi connectivity index (χ0n) is 32.3. The molecule has 0 aliphatic heterocycles. The Morgan fingerprint density at radius 3 is 1.39 bits per heavy atom. The van der Waals surface area contributed by atoms with E-state index < -0.39 is 5.41 Å². The van der Waals surface area contributed by atoms with Crippen molar-refractivity contribution in [2.75, 3.05) is 0 Å². The molecule has 276 valence electrons. The minimum Gasteiger partial charge on any atom is -0.228 e. The lowest BCUT2D eigenvalue weighted by Crippen LogP contribution is -2.28. The van der Waals surface area contributed by atoms with Gasteiger partial charge >= 0.3 is 0 Å². The molecule has 0 saturated carbocycles. The number of hydrogen-bond donors (Lipinski definition) is 0. The fourth-order valence-corrected chi connectivity index (χ4v) is 9.29. The maximum Gasteiger partial charge on any atom is 0.160 e. The van der Waals surface area contributed by atoms with E-state index in [-0.39, 0.29) is 0 Å². The second-order valence-electron chi connectivity index (χ2n) is 15.3. The molecule has 10 aromatic rings. The summed E-state index contributed by atoms with van der Waals surface area (Å²) in [5.41, 5.74) is 16.8. The monoisotopic (exact) mass is 750 g/mol. The summed E-state index contributed by atoms with van der Waals surface area (Å²) < 4.78 is 0. The van der Waals surface area contributed by atoms with E-state index in [1.807, 2.05) is 24.3 Å². The minimum atomic E-state index is -0.505. The van der Waals surface area contributed by atoms with Crippen molar-refractivity contribution in [1.82, 2.24) is 9.97 Å². The van der Waals surface area contributed by atoms with E-state index >= 15 is 0 Å². The Morgan fingerprint density at radius 2 is 0.780 bits per heavy atom. The summed E-state index contributed by atoms with van der Waals surface area (Å²) in [4.78, 5) is 10.3. The normalized spacial score (nSPS) is 12.5. The van der Waals surface area contributed by atoms with Crippen molar-refractivity contribution in [3.8, 4) is 67.3 Å². The van der Waals surface area contributed by atoms with Gasteiger partial charge in [-0.2, -0.15) is 0 Å². The van der Waals surface area contributed by atoms with Gasteiger partial charge in [0.2, 0.25) is 0 Å². The molecule has 9 aromatic carbocycles. The maximum absolute atomic E-state index is 5.17. The van der Waals surface area contributed by atoms with Crippen molar-refractivity contribution in [2.45, 2.75) is 5.41 Å². The minimum absolute atomic E-state index is 0.505. The van der Waals surface area contributed by atoms with Crippen molar-refractivity contribution >= 4 is 10.8 Å². The van der Waals surface area contributed by atoms with Gasteiger partial charge in [-0.25, -0.2) is 9.97 Å². The van der Waals surface area contributed by atoms with Gasteiger partial charge in [0.05, 0.1) is 16.8 Å². The van der Waals surface area contributed by atoms with Gasteiger partial charge in [0.15, 0.2) is 5.82 Å². The Labute approximate surface area is 344 Å². The molecular weight excluding hydrogens is 713 g/mol. The molecule has 59 heavy (non-hydrogen) atoms. The summed E-state index contributed by atoms with van der Waals surface area (Å²) in [5, 5.41) is 2.49. The van der Waals surface area contributed by atoms with E-state index in [9.17, 15) is 0 Å². The van der Waals surface area contributed by atoms with Crippen molar-refractivity contribution in [3.63, 3.8) is 0 Å². The van der Waals surface area contributed by atoms with Gasteiger partial charge in [-0.3, -0.25) is 0 Å². The first-order valence-corrected chi connectivity index (χ1v) is 20.2. The van der Waals surface area contributed by atoms with E-state index in [0.717, 1.165) is 33.6 Å². The average molecular weight is 751 g/mol. The third-order valence-corrected chi connectivity index (χ3v) is 12.0. The van der Waals surface area contributed by atoms with Crippen molar-refractivity contribution < 1.29 is 0 Å². The highest BCUT2D eigenvalue weighted by atomic mass is 14.9. The average Bonchev–Trinajstić information content (AvgIpc) is 3.65. The van der Waals surface area contributed by atoms with Gasteiger partial charge in [0, 0.05) is 16.7 Å². The molecule has 0 amide bonds. The molecule has 1 aliphatic rings. The molecule has 2 nitrogen and oxygen atoms in total. The summed E-state index contributed by atoms with van der Waals surface area (Å²) in [5.74, 6) is 0.705. The summed E-state index contributed by atoms with van der Waals surface area (Å²) in [7, 11) is 0. The Bertz CT molecular complexity index is 3060. The number of rotatable bonds is 7. The van der Waals surface area contributed by atoms with Gasteiger partial charge in [-0.05, 0) is 78.5 Å². The number of benzene rings is 9. The van der Waals surface area contributed by atoms with E-state index in [0.29, 0.717) is 5.82 Å². The van der Waals surface area contributed by atoms with Gasteiger partial charge in [0.25, 0.3) is 0 Å². The smallest absolute Gasteiger partial charge is 0.160 e. The van der Waals surface area contributed by atoms with Crippen molar-refractivity contribution in [1.29, 1.82) is 0 Å². The molecule has 0 saturated heterocycles. The van der Waals surface area contributed by atoms with Gasteiger partial charge in [0.1, 0.15) is 0 Å². The van der Waals surface area contributed by atoms with Gasteiger partial charge < -0.3 is 0 Å². The van der Waals surface area contributed by atoms with Crippen LogP contribution in [0.1, 0.15) is 22.3 Å². The lowest BCUT2D eigenvalue weighted by molar-refractivity contribution is 0.775. The molecule has 0 fully saturated rings. The fraction of sp³-hybridized carbons (Fsp3) is 0.0175. The first kappa shape index (κ1) is 34.6. The van der Waals surface area contributed by atoms with Crippen LogP contribution in [0.4, 0.5) is 0 Å². The first-order chi connectivity index (χ1) is 29.3. The predicted octanol–water partition coefficient (Wildman–Crippen LogP) is 14.3. The van der Waals surface area contributed by atoms with Crippen molar-refractivity contribution in [3.05, 3.63) is 253 Å². The van der Waals surface area contributed by atoms with Crippen LogP contribution in [0.15, 0.2) is 231 Å². The Hall–Kier alpha value is -7.68. The van der Waals surface area contributed by atoms with Crippen LogP contribution < -0.4 is 0 Å². The molecule has 1 aromatic heterocycles. The summed E-state index contributed by atoms with van der Waals surface area (Å²) >= 11 is 0. The van der Waals surface area contributed by atoms with E-state index in [1.165, 1.54) is 60.8 Å². The largest absolute Gasteiger partial charge is 0.228 e. The third kappa shape index (κ3) is 5.80. The van der Waals surface area contributed by atoms with E-state index in [4.69, 9.17) is 9.97 Å². The summed E-state index contributed by atoms with van der Waals surface area (Å²) in [6.45, 7) is 0. The molecule has 2 heteroatoms. The second-order valence-corrected chi connectivity index (χ2v) is 15.3. The van der Waals surface area contributed by atoms with Crippen LogP contribution in [-0.2, 0) is 5.41 Å². The van der Waals surface area contributed by atoms with Crippen LogP contribution >= 0.6 is 0 Å². The molecule has 1 heterocycles. The Morgan fingerprint density at radius 1 is 0.322 bits per heavy atom. The Balaban J connectivity index is 1.08. The van der Waals surface area contributed by atoms with Crippen LogP contribution in [0.25, 0.3) is 78.1 Å². The lowest BCUT2D eigenvalue weighted by Gasteiger charge is -2.35. The molecule has 0 radical (unpaired) electrons. The highest BCUT2D eigenvalue weighted by Gasteiger charge is 2.48. The maximum atomic E-state index is 5.17. The zero-order chi connectivity index (χ0) is 39.2. The molecule has 0 unspecified atom stereocenters. The topological polar surface area (TPSA) is 25.8 Å². The van der Waals surface area contributed by atoms with E-state index in [2.05, 4.69) is 206 Å². The molecular formula is C57H38N2. The van der Waals surface area contributed by atoms with Gasteiger partial charge in [-0.1, -0.05) is 218 Å². The number of fused-ring (bicyclic) bond motifs is 5. The zero-order valence-corrected chi connectivity index (χ0v) is 32.3. The molecule has 0 N–H and O–H groups in total.